The Morgan fingerprint density at radius 2 is 1.48 bits per heavy atom. The highest BCUT2D eigenvalue weighted by atomic mass is 35.5. The van der Waals surface area contributed by atoms with Gasteiger partial charge in [-0.25, -0.2) is 8.78 Å². The molecule has 1 heterocycles. The maximum Gasteiger partial charge on any atom is 0.254 e. The quantitative estimate of drug-likeness (QED) is 0.347. The first-order valence-electron chi connectivity index (χ1n) is 16.4. The van der Waals surface area contributed by atoms with Crippen molar-refractivity contribution in [3.8, 4) is 0 Å². The van der Waals surface area contributed by atoms with Gasteiger partial charge in [0.25, 0.3) is 5.91 Å². The predicted molar refractivity (Wildman–Crippen MR) is 171 cm³/mol. The number of likely N-dealkylation sites (tertiary alicyclic amines) is 1. The molecular formula is C35H47ClF2N4O2. The fraction of sp³-hybridized carbons (Fsp3) is 0.600. The predicted octanol–water partition coefficient (Wildman–Crippen LogP) is 6.46. The van der Waals surface area contributed by atoms with Gasteiger partial charge in [0.05, 0.1) is 6.04 Å². The summed E-state index contributed by atoms with van der Waals surface area (Å²) in [7, 11) is 4.27. The van der Waals surface area contributed by atoms with Crippen molar-refractivity contribution < 1.29 is 18.4 Å². The maximum absolute atomic E-state index is 14.1. The summed E-state index contributed by atoms with van der Waals surface area (Å²) in [5.74, 6) is -2.10. The van der Waals surface area contributed by atoms with Crippen LogP contribution in [0.2, 0.25) is 5.02 Å². The van der Waals surface area contributed by atoms with E-state index in [1.165, 1.54) is 6.07 Å². The van der Waals surface area contributed by atoms with Gasteiger partial charge in [-0.05, 0) is 108 Å². The monoisotopic (exact) mass is 628 g/mol. The molecule has 2 saturated carbocycles. The molecule has 0 aromatic heterocycles. The lowest BCUT2D eigenvalue weighted by atomic mass is 9.89. The van der Waals surface area contributed by atoms with Crippen molar-refractivity contribution in [3.05, 3.63) is 70.2 Å². The van der Waals surface area contributed by atoms with E-state index in [9.17, 15) is 18.4 Å². The number of carbonyl (C=O) groups is 2. The summed E-state index contributed by atoms with van der Waals surface area (Å²) in [5, 5.41) is 4.41. The van der Waals surface area contributed by atoms with Crippen molar-refractivity contribution in [2.45, 2.75) is 107 Å². The van der Waals surface area contributed by atoms with Gasteiger partial charge in [-0.1, -0.05) is 43.0 Å². The molecule has 0 spiro atoms. The summed E-state index contributed by atoms with van der Waals surface area (Å²) in [6, 6.07) is 11.7. The molecule has 1 N–H and O–H groups in total. The minimum absolute atomic E-state index is 0.0493. The topological polar surface area (TPSA) is 55.9 Å². The molecular weight excluding hydrogens is 582 g/mol. The van der Waals surface area contributed by atoms with Crippen molar-refractivity contribution in [1.29, 1.82) is 0 Å². The van der Waals surface area contributed by atoms with Crippen LogP contribution in [0.5, 0.6) is 0 Å². The van der Waals surface area contributed by atoms with E-state index in [-0.39, 0.29) is 35.5 Å². The van der Waals surface area contributed by atoms with Crippen LogP contribution < -0.4 is 5.32 Å². The number of rotatable bonds is 9. The highest BCUT2D eigenvalue weighted by molar-refractivity contribution is 6.30. The number of carbonyl (C=O) groups excluding carboxylic acids is 2. The zero-order valence-electron chi connectivity index (χ0n) is 26.1. The van der Waals surface area contributed by atoms with E-state index in [1.807, 2.05) is 34.1 Å². The standard InChI is InChI=1S/C35H47ClF2N4O2/c1-40(2)28-15-13-27(14-16-28)39-33(22-24-8-11-26(36)12-9-24)35(44)41-20-18-30(19-21-41)42(29-6-4-3-5-7-29)34(43)25-10-17-31(37)32(38)23-25/h8-12,17,23,27-30,33,39H,3-7,13-16,18-22H2,1-2H3/t27?,28?,33-/m0/s1. The Morgan fingerprint density at radius 1 is 0.841 bits per heavy atom. The van der Waals surface area contributed by atoms with Gasteiger partial charge in [0.2, 0.25) is 5.91 Å². The Labute approximate surface area is 266 Å². The average Bonchev–Trinajstić information content (AvgIpc) is 3.04. The molecule has 2 aliphatic carbocycles. The largest absolute Gasteiger partial charge is 0.341 e. The molecule has 1 atom stereocenters. The summed E-state index contributed by atoms with van der Waals surface area (Å²) < 4.78 is 27.8. The van der Waals surface area contributed by atoms with Gasteiger partial charge in [-0.2, -0.15) is 0 Å². The van der Waals surface area contributed by atoms with E-state index in [1.54, 1.807) is 0 Å². The fourth-order valence-corrected chi connectivity index (χ4v) is 7.60. The van der Waals surface area contributed by atoms with E-state index >= 15 is 0 Å². The molecule has 2 aromatic carbocycles. The third-order valence-electron chi connectivity index (χ3n) is 10.1. The van der Waals surface area contributed by atoms with Crippen molar-refractivity contribution >= 4 is 23.4 Å². The minimum atomic E-state index is -1.01. The zero-order valence-corrected chi connectivity index (χ0v) is 26.9. The maximum atomic E-state index is 14.1. The second-order valence-corrected chi connectivity index (χ2v) is 13.6. The number of piperidine rings is 1. The molecule has 3 fully saturated rings. The molecule has 1 aliphatic heterocycles. The lowest BCUT2D eigenvalue weighted by Crippen LogP contribution is -2.57. The van der Waals surface area contributed by atoms with Crippen molar-refractivity contribution in [3.63, 3.8) is 0 Å². The van der Waals surface area contributed by atoms with Gasteiger partial charge < -0.3 is 20.0 Å². The first-order chi connectivity index (χ1) is 21.2. The van der Waals surface area contributed by atoms with E-state index in [0.717, 1.165) is 75.5 Å². The number of hydrogen-bond donors (Lipinski definition) is 1. The smallest absolute Gasteiger partial charge is 0.254 e. The SMILES string of the molecule is CN(C)C1CCC(N[C@@H](Cc2ccc(Cl)cc2)C(=O)N2CCC(N(C(=O)c3ccc(F)c(F)c3)C3CCCCC3)CC2)CC1. The normalized spacial score (nSPS) is 22.6. The van der Waals surface area contributed by atoms with Gasteiger partial charge in [-0.3, -0.25) is 9.59 Å². The second-order valence-electron chi connectivity index (χ2n) is 13.2. The molecule has 2 amide bonds. The summed E-state index contributed by atoms with van der Waals surface area (Å²) in [6.07, 6.45) is 11.3. The van der Waals surface area contributed by atoms with Crippen LogP contribution in [0.25, 0.3) is 0 Å². The molecule has 2 aromatic rings. The van der Waals surface area contributed by atoms with E-state index in [4.69, 9.17) is 11.6 Å². The van der Waals surface area contributed by atoms with Crippen LogP contribution in [0, 0.1) is 11.6 Å². The number of nitrogens with one attached hydrogen (secondary N) is 1. The van der Waals surface area contributed by atoms with E-state index in [2.05, 4.69) is 24.3 Å². The van der Waals surface area contributed by atoms with Gasteiger partial charge in [-0.15, -0.1) is 0 Å². The highest BCUT2D eigenvalue weighted by Crippen LogP contribution is 2.30. The molecule has 1 saturated heterocycles. The summed E-state index contributed by atoms with van der Waals surface area (Å²) in [6.45, 7) is 1.12. The fourth-order valence-electron chi connectivity index (χ4n) is 7.47. The molecule has 3 aliphatic rings. The molecule has 44 heavy (non-hydrogen) atoms. The van der Waals surface area contributed by atoms with E-state index < -0.39 is 11.6 Å². The van der Waals surface area contributed by atoms with Crippen LogP contribution in [0.4, 0.5) is 8.78 Å². The van der Waals surface area contributed by atoms with Gasteiger partial charge in [0, 0.05) is 47.8 Å². The molecule has 6 nitrogen and oxygen atoms in total. The Kier molecular flexibility index (Phi) is 11.3. The summed E-state index contributed by atoms with van der Waals surface area (Å²) in [5.41, 5.74) is 1.25. The first-order valence-corrected chi connectivity index (χ1v) is 16.8. The Balaban J connectivity index is 1.27. The number of benzene rings is 2. The molecule has 9 heteroatoms. The van der Waals surface area contributed by atoms with E-state index in [0.29, 0.717) is 49.5 Å². The van der Waals surface area contributed by atoms with Crippen LogP contribution in [-0.2, 0) is 11.2 Å². The Bertz CT molecular complexity index is 1250. The third-order valence-corrected chi connectivity index (χ3v) is 10.3. The van der Waals surface area contributed by atoms with Gasteiger partial charge in [0.1, 0.15) is 0 Å². The Hall–Kier alpha value is -2.55. The summed E-state index contributed by atoms with van der Waals surface area (Å²) in [4.78, 5) is 34.1. The number of nitrogens with zero attached hydrogens (tertiary/aromatic N) is 3. The number of halogens is 3. The van der Waals surface area contributed by atoms with Crippen molar-refractivity contribution in [2.75, 3.05) is 27.2 Å². The van der Waals surface area contributed by atoms with Crippen LogP contribution in [-0.4, -0.2) is 83.9 Å². The van der Waals surface area contributed by atoms with Crippen LogP contribution in [0.15, 0.2) is 42.5 Å². The lowest BCUT2D eigenvalue weighted by Gasteiger charge is -2.44. The van der Waals surface area contributed by atoms with Crippen molar-refractivity contribution in [1.82, 2.24) is 20.0 Å². The molecule has 0 radical (unpaired) electrons. The van der Waals surface area contributed by atoms with Gasteiger partial charge >= 0.3 is 0 Å². The van der Waals surface area contributed by atoms with Crippen LogP contribution in [0.1, 0.15) is 86.6 Å². The zero-order chi connectivity index (χ0) is 31.2. The van der Waals surface area contributed by atoms with Crippen molar-refractivity contribution in [2.24, 2.45) is 0 Å². The molecule has 5 rings (SSSR count). The van der Waals surface area contributed by atoms with Crippen LogP contribution >= 0.6 is 11.6 Å². The third kappa shape index (κ3) is 8.18. The van der Waals surface area contributed by atoms with Crippen LogP contribution in [0.3, 0.4) is 0 Å². The number of amides is 2. The summed E-state index contributed by atoms with van der Waals surface area (Å²) >= 11 is 6.14. The number of hydrogen-bond acceptors (Lipinski definition) is 4. The molecule has 0 unspecified atom stereocenters. The second kappa shape index (κ2) is 15.2. The first kappa shape index (κ1) is 32.8. The highest BCUT2D eigenvalue weighted by Gasteiger charge is 2.37. The van der Waals surface area contributed by atoms with Gasteiger partial charge in [0.15, 0.2) is 11.6 Å². The minimum Gasteiger partial charge on any atom is -0.341 e. The Morgan fingerprint density at radius 3 is 2.09 bits per heavy atom. The molecule has 240 valence electrons. The molecule has 0 bridgehead atoms. The average molecular weight is 629 g/mol. The lowest BCUT2D eigenvalue weighted by molar-refractivity contribution is -0.135.